The second-order valence-corrected chi connectivity index (χ2v) is 5.33. The summed E-state index contributed by atoms with van der Waals surface area (Å²) < 4.78 is 15.7. The summed E-state index contributed by atoms with van der Waals surface area (Å²) in [5.41, 5.74) is 1.33. The van der Waals surface area contributed by atoms with Gasteiger partial charge >= 0.3 is 5.97 Å². The molecule has 0 fully saturated rings. The van der Waals surface area contributed by atoms with Gasteiger partial charge in [0.15, 0.2) is 17.6 Å². The molecule has 2 N–H and O–H groups in total. The molecule has 0 heterocycles. The Balaban J connectivity index is 2.11. The maximum atomic E-state index is 11.6. The van der Waals surface area contributed by atoms with Crippen molar-refractivity contribution in [3.63, 3.8) is 0 Å². The lowest BCUT2D eigenvalue weighted by atomic mass is 10.0. The minimum absolute atomic E-state index is 0.123. The molecule has 0 unspecified atom stereocenters. The maximum Gasteiger partial charge on any atom is 0.338 e. The van der Waals surface area contributed by atoms with Gasteiger partial charge in [0.25, 0.3) is 0 Å². The van der Waals surface area contributed by atoms with Gasteiger partial charge in [0, 0.05) is 0 Å². The largest absolute Gasteiger partial charge is 0.493 e. The molecule has 0 aliphatic heterocycles. The fourth-order valence-electron chi connectivity index (χ4n) is 2.26. The van der Waals surface area contributed by atoms with Gasteiger partial charge in [0.1, 0.15) is 12.7 Å². The van der Waals surface area contributed by atoms with Crippen molar-refractivity contribution in [2.75, 3.05) is 13.7 Å². The van der Waals surface area contributed by atoms with E-state index in [4.69, 9.17) is 14.2 Å². The van der Waals surface area contributed by atoms with E-state index in [0.717, 1.165) is 5.56 Å². The van der Waals surface area contributed by atoms with Crippen LogP contribution in [0.25, 0.3) is 0 Å². The van der Waals surface area contributed by atoms with Crippen LogP contribution >= 0.6 is 0 Å². The van der Waals surface area contributed by atoms with Crippen molar-refractivity contribution in [3.8, 4) is 11.5 Å². The molecule has 0 saturated carbocycles. The van der Waals surface area contributed by atoms with E-state index in [1.165, 1.54) is 13.2 Å². The van der Waals surface area contributed by atoms with Gasteiger partial charge in [0.05, 0.1) is 13.7 Å². The van der Waals surface area contributed by atoms with E-state index in [2.05, 4.69) is 0 Å². The number of hydrogen-bond donors (Lipinski definition) is 2. The minimum Gasteiger partial charge on any atom is -0.493 e. The molecule has 2 rings (SSSR count). The molecule has 0 amide bonds. The molecule has 2 aromatic carbocycles. The fraction of sp³-hybridized carbons (Fsp3) is 0.316. The number of ether oxygens (including phenoxy) is 3. The van der Waals surface area contributed by atoms with Crippen LogP contribution in [0.5, 0.6) is 11.5 Å². The number of hydrogen-bond acceptors (Lipinski definition) is 6. The maximum absolute atomic E-state index is 11.6. The number of aliphatic hydroxyl groups excluding tert-OH is 2. The first-order valence-electron chi connectivity index (χ1n) is 7.94. The molecule has 6 heteroatoms. The molecule has 0 aliphatic carbocycles. The van der Waals surface area contributed by atoms with Gasteiger partial charge in [-0.3, -0.25) is 0 Å². The molecule has 0 spiro atoms. The lowest BCUT2D eigenvalue weighted by molar-refractivity contribution is -0.159. The SMILES string of the molecule is CCOC(=O)[C@H](O)[C@@H](O)c1ccc(OCc2ccccc2)c(OC)c1. The number of benzene rings is 2. The van der Waals surface area contributed by atoms with Crippen LogP contribution in [0, 0.1) is 0 Å². The minimum atomic E-state index is -1.67. The summed E-state index contributed by atoms with van der Waals surface area (Å²) in [5.74, 6) is 0.00911. The van der Waals surface area contributed by atoms with Crippen LogP contribution in [-0.4, -0.2) is 36.0 Å². The van der Waals surface area contributed by atoms with Crippen molar-refractivity contribution >= 4 is 5.97 Å². The highest BCUT2D eigenvalue weighted by molar-refractivity contribution is 5.75. The second-order valence-electron chi connectivity index (χ2n) is 5.33. The van der Waals surface area contributed by atoms with Crippen molar-refractivity contribution < 1.29 is 29.2 Å². The summed E-state index contributed by atoms with van der Waals surface area (Å²) >= 11 is 0. The molecule has 0 bridgehead atoms. The molecule has 134 valence electrons. The van der Waals surface area contributed by atoms with Crippen molar-refractivity contribution in [1.82, 2.24) is 0 Å². The van der Waals surface area contributed by atoms with E-state index in [0.29, 0.717) is 23.7 Å². The zero-order valence-electron chi connectivity index (χ0n) is 14.2. The van der Waals surface area contributed by atoms with E-state index in [1.54, 1.807) is 19.1 Å². The normalized spacial score (nSPS) is 13.0. The standard InChI is InChI=1S/C19H22O6/c1-3-24-19(22)18(21)17(20)14-9-10-15(16(11-14)23-2)25-12-13-7-5-4-6-8-13/h4-11,17-18,20-21H,3,12H2,1-2H3/t17-,18+/m0/s1. The molecule has 25 heavy (non-hydrogen) atoms. The highest BCUT2D eigenvalue weighted by atomic mass is 16.5. The van der Waals surface area contributed by atoms with Gasteiger partial charge in [-0.15, -0.1) is 0 Å². The first kappa shape index (κ1) is 18.8. The number of carbonyl (C=O) groups is 1. The Labute approximate surface area is 146 Å². The Morgan fingerprint density at radius 1 is 1.08 bits per heavy atom. The third kappa shape index (κ3) is 4.95. The van der Waals surface area contributed by atoms with Crippen LogP contribution in [0.4, 0.5) is 0 Å². The molecular formula is C19H22O6. The summed E-state index contributed by atoms with van der Waals surface area (Å²) in [6.45, 7) is 2.11. The molecule has 2 aromatic rings. The average Bonchev–Trinajstić information content (AvgIpc) is 2.66. The summed E-state index contributed by atoms with van der Waals surface area (Å²) in [6.07, 6.45) is -3.09. The number of rotatable bonds is 8. The summed E-state index contributed by atoms with van der Waals surface area (Å²) in [5, 5.41) is 20.0. The fourth-order valence-corrected chi connectivity index (χ4v) is 2.26. The van der Waals surface area contributed by atoms with Crippen LogP contribution in [0.2, 0.25) is 0 Å². The Kier molecular flexibility index (Phi) is 6.80. The average molecular weight is 346 g/mol. The third-order valence-electron chi connectivity index (χ3n) is 3.59. The molecule has 0 aromatic heterocycles. The first-order chi connectivity index (χ1) is 12.1. The molecular weight excluding hydrogens is 324 g/mol. The highest BCUT2D eigenvalue weighted by Crippen LogP contribution is 2.32. The first-order valence-corrected chi connectivity index (χ1v) is 7.94. The summed E-state index contributed by atoms with van der Waals surface area (Å²) in [6, 6.07) is 14.4. The second kappa shape index (κ2) is 9.05. The smallest absolute Gasteiger partial charge is 0.338 e. The monoisotopic (exact) mass is 346 g/mol. The number of aliphatic hydroxyl groups is 2. The molecule has 6 nitrogen and oxygen atoms in total. The van der Waals surface area contributed by atoms with E-state index in [1.807, 2.05) is 30.3 Å². The zero-order chi connectivity index (χ0) is 18.2. The number of esters is 1. The number of carbonyl (C=O) groups excluding carboxylic acids is 1. The molecule has 0 saturated heterocycles. The Bertz CT molecular complexity index is 686. The van der Waals surface area contributed by atoms with Crippen molar-refractivity contribution in [3.05, 3.63) is 59.7 Å². The molecule has 0 aliphatic rings. The lowest BCUT2D eigenvalue weighted by Crippen LogP contribution is -2.29. The van der Waals surface area contributed by atoms with Gasteiger partial charge in [-0.05, 0) is 30.2 Å². The van der Waals surface area contributed by atoms with Crippen molar-refractivity contribution in [2.45, 2.75) is 25.7 Å². The van der Waals surface area contributed by atoms with Crippen LogP contribution in [0.15, 0.2) is 48.5 Å². The van der Waals surface area contributed by atoms with Gasteiger partial charge in [-0.25, -0.2) is 4.79 Å². The Hall–Kier alpha value is -2.57. The van der Waals surface area contributed by atoms with Crippen LogP contribution in [0.3, 0.4) is 0 Å². The van der Waals surface area contributed by atoms with Crippen molar-refractivity contribution in [2.24, 2.45) is 0 Å². The molecule has 2 atom stereocenters. The zero-order valence-corrected chi connectivity index (χ0v) is 14.2. The van der Waals surface area contributed by atoms with Crippen molar-refractivity contribution in [1.29, 1.82) is 0 Å². The van der Waals surface area contributed by atoms with Gasteiger partial charge < -0.3 is 24.4 Å². The van der Waals surface area contributed by atoms with E-state index >= 15 is 0 Å². The topological polar surface area (TPSA) is 85.2 Å². The predicted octanol–water partition coefficient (Wildman–Crippen LogP) is 2.23. The van der Waals surface area contributed by atoms with E-state index in [-0.39, 0.29) is 6.61 Å². The predicted molar refractivity (Wildman–Crippen MR) is 91.4 cm³/mol. The van der Waals surface area contributed by atoms with Crippen LogP contribution in [0.1, 0.15) is 24.2 Å². The highest BCUT2D eigenvalue weighted by Gasteiger charge is 2.27. The molecule has 0 radical (unpaired) electrons. The van der Waals surface area contributed by atoms with Gasteiger partial charge in [-0.1, -0.05) is 36.4 Å². The quantitative estimate of drug-likeness (QED) is 0.713. The summed E-state index contributed by atoms with van der Waals surface area (Å²) in [7, 11) is 1.47. The van der Waals surface area contributed by atoms with E-state index < -0.39 is 18.2 Å². The summed E-state index contributed by atoms with van der Waals surface area (Å²) in [4.78, 5) is 11.6. The number of methoxy groups -OCH3 is 1. The lowest BCUT2D eigenvalue weighted by Gasteiger charge is -2.18. The Morgan fingerprint density at radius 3 is 2.44 bits per heavy atom. The van der Waals surface area contributed by atoms with Gasteiger partial charge in [-0.2, -0.15) is 0 Å². The third-order valence-corrected chi connectivity index (χ3v) is 3.59. The van der Waals surface area contributed by atoms with E-state index in [9.17, 15) is 15.0 Å². The van der Waals surface area contributed by atoms with Gasteiger partial charge in [0.2, 0.25) is 0 Å². The van der Waals surface area contributed by atoms with Crippen LogP contribution in [-0.2, 0) is 16.1 Å². The Morgan fingerprint density at radius 2 is 1.80 bits per heavy atom. The van der Waals surface area contributed by atoms with Crippen LogP contribution < -0.4 is 9.47 Å².